The normalized spacial score (nSPS) is 9.93. The van der Waals surface area contributed by atoms with E-state index < -0.39 is 0 Å². The van der Waals surface area contributed by atoms with E-state index in [0.717, 1.165) is 22.2 Å². The molecule has 14 heavy (non-hydrogen) atoms. The fourth-order valence-electron chi connectivity index (χ4n) is 1.17. The molecule has 0 fully saturated rings. The minimum atomic E-state index is 0.215. The number of aryl methyl sites for hydroxylation is 1. The Hall–Kier alpha value is -0.830. The number of hydrogen-bond acceptors (Lipinski definition) is 2. The summed E-state index contributed by atoms with van der Waals surface area (Å²) < 4.78 is 6.08. The van der Waals surface area contributed by atoms with Gasteiger partial charge in [0.15, 0.2) is 0 Å². The molecule has 0 aliphatic heterocycles. The molecule has 0 heterocycles. The van der Waals surface area contributed by atoms with E-state index in [0.29, 0.717) is 6.42 Å². The number of ether oxygens (including phenoxy) is 1. The van der Waals surface area contributed by atoms with Gasteiger partial charge in [-0.05, 0) is 31.0 Å². The molecule has 3 heteroatoms. The van der Waals surface area contributed by atoms with Crippen LogP contribution >= 0.6 is 15.9 Å². The number of Topliss-reactive ketones (excluding diaryl/α,β-unsaturated/α-hetero) is 1. The van der Waals surface area contributed by atoms with Crippen molar-refractivity contribution in [3.63, 3.8) is 0 Å². The second-order valence-corrected chi connectivity index (χ2v) is 4.01. The van der Waals surface area contributed by atoms with Crippen LogP contribution in [0.2, 0.25) is 0 Å². The minimum Gasteiger partial charge on any atom is -0.497 e. The lowest BCUT2D eigenvalue weighted by atomic mass is 10.1. The third-order valence-corrected chi connectivity index (χ3v) is 2.74. The van der Waals surface area contributed by atoms with Gasteiger partial charge in [0, 0.05) is 10.9 Å². The van der Waals surface area contributed by atoms with Crippen LogP contribution in [0.3, 0.4) is 0 Å². The standard InChI is InChI=1S/C11H13BrO2/c1-8(13)3-4-9-5-6-10(14-2)7-11(9)12/h5-7H,3-4H2,1-2H3. The van der Waals surface area contributed by atoms with Crippen molar-refractivity contribution in [1.82, 2.24) is 0 Å². The number of rotatable bonds is 4. The first-order chi connectivity index (χ1) is 6.63. The number of ketones is 1. The maximum Gasteiger partial charge on any atom is 0.130 e. The van der Waals surface area contributed by atoms with Crippen molar-refractivity contribution in [2.45, 2.75) is 19.8 Å². The summed E-state index contributed by atoms with van der Waals surface area (Å²) in [6.45, 7) is 1.61. The summed E-state index contributed by atoms with van der Waals surface area (Å²) in [5.41, 5.74) is 1.14. The van der Waals surface area contributed by atoms with Crippen molar-refractivity contribution in [3.8, 4) is 5.75 Å². The first kappa shape index (κ1) is 11.2. The summed E-state index contributed by atoms with van der Waals surface area (Å²) in [6, 6.07) is 5.79. The van der Waals surface area contributed by atoms with Gasteiger partial charge in [0.25, 0.3) is 0 Å². The Bertz CT molecular complexity index is 334. The zero-order valence-electron chi connectivity index (χ0n) is 8.34. The molecule has 0 amide bonds. The lowest BCUT2D eigenvalue weighted by Crippen LogP contribution is -1.95. The number of hydrogen-bond donors (Lipinski definition) is 0. The molecule has 76 valence electrons. The van der Waals surface area contributed by atoms with Gasteiger partial charge in [0.2, 0.25) is 0 Å². The van der Waals surface area contributed by atoms with E-state index in [2.05, 4.69) is 15.9 Å². The van der Waals surface area contributed by atoms with Crippen LogP contribution in [0, 0.1) is 0 Å². The van der Waals surface area contributed by atoms with Crippen LogP contribution in [0.5, 0.6) is 5.75 Å². The summed E-state index contributed by atoms with van der Waals surface area (Å²) in [5.74, 6) is 1.04. The van der Waals surface area contributed by atoms with E-state index in [9.17, 15) is 4.79 Å². The summed E-state index contributed by atoms with van der Waals surface area (Å²) in [7, 11) is 1.64. The molecule has 0 saturated heterocycles. The number of methoxy groups -OCH3 is 1. The summed E-state index contributed by atoms with van der Waals surface area (Å²) >= 11 is 3.45. The van der Waals surface area contributed by atoms with Crippen LogP contribution in [0.4, 0.5) is 0 Å². The van der Waals surface area contributed by atoms with Gasteiger partial charge < -0.3 is 9.53 Å². The molecule has 0 unspecified atom stereocenters. The molecule has 0 atom stereocenters. The molecule has 0 radical (unpaired) electrons. The van der Waals surface area contributed by atoms with Crippen molar-refractivity contribution < 1.29 is 9.53 Å². The topological polar surface area (TPSA) is 26.3 Å². The third-order valence-electron chi connectivity index (χ3n) is 2.01. The minimum absolute atomic E-state index is 0.215. The maximum absolute atomic E-state index is 10.8. The second-order valence-electron chi connectivity index (χ2n) is 3.16. The van der Waals surface area contributed by atoms with Gasteiger partial charge in [-0.3, -0.25) is 0 Å². The highest BCUT2D eigenvalue weighted by atomic mass is 79.9. The van der Waals surface area contributed by atoms with E-state index in [4.69, 9.17) is 4.74 Å². The highest BCUT2D eigenvalue weighted by Gasteiger charge is 2.03. The maximum atomic E-state index is 10.8. The first-order valence-electron chi connectivity index (χ1n) is 4.45. The van der Waals surface area contributed by atoms with E-state index in [-0.39, 0.29) is 5.78 Å². The highest BCUT2D eigenvalue weighted by Crippen LogP contribution is 2.23. The number of carbonyl (C=O) groups excluding carboxylic acids is 1. The average molecular weight is 257 g/mol. The van der Waals surface area contributed by atoms with Gasteiger partial charge in [0.05, 0.1) is 7.11 Å². The third kappa shape index (κ3) is 3.14. The highest BCUT2D eigenvalue weighted by molar-refractivity contribution is 9.10. The van der Waals surface area contributed by atoms with Crippen molar-refractivity contribution >= 4 is 21.7 Å². The van der Waals surface area contributed by atoms with Gasteiger partial charge in [-0.25, -0.2) is 0 Å². The predicted octanol–water partition coefficient (Wildman–Crippen LogP) is 2.98. The number of halogens is 1. The molecule has 0 aliphatic rings. The molecule has 2 nitrogen and oxygen atoms in total. The van der Waals surface area contributed by atoms with Gasteiger partial charge in [-0.1, -0.05) is 22.0 Å². The van der Waals surface area contributed by atoms with Gasteiger partial charge in [-0.15, -0.1) is 0 Å². The molecule has 0 spiro atoms. The fourth-order valence-corrected chi connectivity index (χ4v) is 1.72. The summed E-state index contributed by atoms with van der Waals surface area (Å²) in [4.78, 5) is 10.8. The molecule has 0 aromatic heterocycles. The van der Waals surface area contributed by atoms with E-state index >= 15 is 0 Å². The summed E-state index contributed by atoms with van der Waals surface area (Å²) in [5, 5.41) is 0. The molecule has 0 N–H and O–H groups in total. The molecule has 0 saturated carbocycles. The second kappa shape index (κ2) is 5.15. The van der Waals surface area contributed by atoms with E-state index in [1.807, 2.05) is 18.2 Å². The van der Waals surface area contributed by atoms with Crippen LogP contribution < -0.4 is 4.74 Å². The molecule has 1 rings (SSSR count). The number of carbonyl (C=O) groups is 1. The lowest BCUT2D eigenvalue weighted by molar-refractivity contribution is -0.116. The first-order valence-corrected chi connectivity index (χ1v) is 5.24. The zero-order valence-corrected chi connectivity index (χ0v) is 9.93. The van der Waals surface area contributed by atoms with Gasteiger partial charge in [-0.2, -0.15) is 0 Å². The van der Waals surface area contributed by atoms with Crippen LogP contribution in [-0.4, -0.2) is 12.9 Å². The van der Waals surface area contributed by atoms with Crippen molar-refractivity contribution in [3.05, 3.63) is 28.2 Å². The van der Waals surface area contributed by atoms with Crippen LogP contribution in [0.15, 0.2) is 22.7 Å². The SMILES string of the molecule is COc1ccc(CCC(C)=O)c(Br)c1. The molecule has 0 aliphatic carbocycles. The lowest BCUT2D eigenvalue weighted by Gasteiger charge is -2.05. The monoisotopic (exact) mass is 256 g/mol. The summed E-state index contributed by atoms with van der Waals surface area (Å²) in [6.07, 6.45) is 1.37. The quantitative estimate of drug-likeness (QED) is 0.828. The Morgan fingerprint density at radius 2 is 2.21 bits per heavy atom. The zero-order chi connectivity index (χ0) is 10.6. The molecular weight excluding hydrogens is 244 g/mol. The largest absolute Gasteiger partial charge is 0.497 e. The smallest absolute Gasteiger partial charge is 0.130 e. The van der Waals surface area contributed by atoms with E-state index in [1.54, 1.807) is 14.0 Å². The van der Waals surface area contributed by atoms with Crippen LogP contribution in [0.1, 0.15) is 18.9 Å². The number of benzene rings is 1. The van der Waals surface area contributed by atoms with Gasteiger partial charge >= 0.3 is 0 Å². The Morgan fingerprint density at radius 3 is 2.71 bits per heavy atom. The predicted molar refractivity (Wildman–Crippen MR) is 59.7 cm³/mol. The molecule has 1 aromatic rings. The van der Waals surface area contributed by atoms with Gasteiger partial charge in [0.1, 0.15) is 11.5 Å². The van der Waals surface area contributed by atoms with Crippen LogP contribution in [-0.2, 0) is 11.2 Å². The molecule has 1 aromatic carbocycles. The average Bonchev–Trinajstić information content (AvgIpc) is 2.15. The van der Waals surface area contributed by atoms with Crippen molar-refractivity contribution in [1.29, 1.82) is 0 Å². The van der Waals surface area contributed by atoms with Crippen molar-refractivity contribution in [2.24, 2.45) is 0 Å². The Labute approximate surface area is 92.4 Å². The fraction of sp³-hybridized carbons (Fsp3) is 0.364. The van der Waals surface area contributed by atoms with Crippen LogP contribution in [0.25, 0.3) is 0 Å². The molecule has 0 bridgehead atoms. The Morgan fingerprint density at radius 1 is 1.50 bits per heavy atom. The Balaban J connectivity index is 2.73. The van der Waals surface area contributed by atoms with Crippen molar-refractivity contribution in [2.75, 3.05) is 7.11 Å². The Kier molecular flexibility index (Phi) is 4.14. The molecular formula is C11H13BrO2. The van der Waals surface area contributed by atoms with E-state index in [1.165, 1.54) is 0 Å².